The van der Waals surface area contributed by atoms with E-state index in [1.807, 2.05) is 0 Å². The van der Waals surface area contributed by atoms with Crippen molar-refractivity contribution in [2.75, 3.05) is 11.6 Å². The Morgan fingerprint density at radius 1 is 1.33 bits per heavy atom. The van der Waals surface area contributed by atoms with E-state index in [9.17, 15) is 18.0 Å². The molecular formula is C14H16N4O4S2. The molecule has 0 atom stereocenters. The van der Waals surface area contributed by atoms with Gasteiger partial charge in [-0.25, -0.2) is 18.5 Å². The van der Waals surface area contributed by atoms with E-state index in [1.54, 1.807) is 13.2 Å². The number of nitrogens with zero attached hydrogens (tertiary/aromatic N) is 2. The van der Waals surface area contributed by atoms with Gasteiger partial charge in [0.05, 0.1) is 4.90 Å². The summed E-state index contributed by atoms with van der Waals surface area (Å²) in [5.74, 6) is -0.429. The molecule has 0 spiro atoms. The molecule has 2 aromatic rings. The molecule has 1 aromatic carbocycles. The van der Waals surface area contributed by atoms with Gasteiger partial charge in [-0.3, -0.25) is 14.2 Å². The van der Waals surface area contributed by atoms with Crippen molar-refractivity contribution in [1.29, 1.82) is 0 Å². The first kappa shape index (κ1) is 18.2. The monoisotopic (exact) mass is 368 g/mol. The lowest BCUT2D eigenvalue weighted by Gasteiger charge is -2.11. The molecule has 3 N–H and O–H groups in total. The molecule has 0 unspecified atom stereocenters. The Bertz CT molecular complexity index is 921. The van der Waals surface area contributed by atoms with Crippen molar-refractivity contribution in [2.45, 2.75) is 23.5 Å². The number of aryl methyl sites for hydroxylation is 1. The van der Waals surface area contributed by atoms with E-state index in [4.69, 9.17) is 5.14 Å². The minimum Gasteiger partial charge on any atom is -0.325 e. The third-order valence-electron chi connectivity index (χ3n) is 3.05. The van der Waals surface area contributed by atoms with Crippen LogP contribution in [0.5, 0.6) is 0 Å². The third kappa shape index (κ3) is 4.43. The molecule has 24 heavy (non-hydrogen) atoms. The molecule has 0 saturated carbocycles. The number of rotatable bonds is 5. The summed E-state index contributed by atoms with van der Waals surface area (Å²) in [6.07, 6.45) is 1.77. The molecule has 2 rings (SSSR count). The van der Waals surface area contributed by atoms with Crippen LogP contribution in [0.2, 0.25) is 0 Å². The molecule has 10 heteroatoms. The second-order valence-corrected chi connectivity index (χ2v) is 7.26. The maximum Gasteiger partial charge on any atom is 0.254 e. The lowest BCUT2D eigenvalue weighted by Crippen LogP contribution is -2.29. The summed E-state index contributed by atoms with van der Waals surface area (Å²) >= 11 is 1.27. The zero-order valence-corrected chi connectivity index (χ0v) is 14.6. The van der Waals surface area contributed by atoms with E-state index < -0.39 is 15.9 Å². The number of primary sulfonamides is 1. The summed E-state index contributed by atoms with van der Waals surface area (Å²) < 4.78 is 23.6. The average molecular weight is 368 g/mol. The number of anilines is 1. The first-order valence-corrected chi connectivity index (χ1v) is 9.53. The fourth-order valence-electron chi connectivity index (χ4n) is 1.97. The highest BCUT2D eigenvalue weighted by atomic mass is 32.2. The molecule has 0 bridgehead atoms. The Morgan fingerprint density at radius 3 is 2.50 bits per heavy atom. The van der Waals surface area contributed by atoms with E-state index in [0.717, 1.165) is 0 Å². The Morgan fingerprint density at radius 2 is 1.96 bits per heavy atom. The predicted molar refractivity (Wildman–Crippen MR) is 91.5 cm³/mol. The molecule has 0 aliphatic heterocycles. The van der Waals surface area contributed by atoms with Crippen molar-refractivity contribution in [1.82, 2.24) is 9.55 Å². The number of hydrogen-bond donors (Lipinski definition) is 2. The molecule has 8 nitrogen and oxygen atoms in total. The number of aromatic nitrogens is 2. The van der Waals surface area contributed by atoms with E-state index in [0.29, 0.717) is 16.5 Å². The van der Waals surface area contributed by atoms with Crippen molar-refractivity contribution in [3.8, 4) is 0 Å². The lowest BCUT2D eigenvalue weighted by atomic mass is 10.3. The van der Waals surface area contributed by atoms with Crippen LogP contribution in [0.15, 0.2) is 45.2 Å². The van der Waals surface area contributed by atoms with E-state index >= 15 is 0 Å². The average Bonchev–Trinajstić information content (AvgIpc) is 2.49. The third-order valence-corrected chi connectivity index (χ3v) is 4.66. The van der Waals surface area contributed by atoms with Crippen LogP contribution in [0.25, 0.3) is 0 Å². The van der Waals surface area contributed by atoms with Gasteiger partial charge in [0.1, 0.15) is 6.54 Å². The topological polar surface area (TPSA) is 124 Å². The number of carbonyl (C=O) groups excluding carboxylic acids is 1. The molecule has 1 aromatic heterocycles. The number of nitrogens with one attached hydrogen (secondary N) is 1. The molecule has 0 saturated heterocycles. The van der Waals surface area contributed by atoms with Crippen molar-refractivity contribution in [3.05, 3.63) is 46.4 Å². The zero-order valence-electron chi connectivity index (χ0n) is 13.0. The number of sulfonamides is 1. The highest BCUT2D eigenvalue weighted by Crippen LogP contribution is 2.13. The zero-order chi connectivity index (χ0) is 17.9. The first-order valence-electron chi connectivity index (χ1n) is 6.76. The Kier molecular flexibility index (Phi) is 5.42. The summed E-state index contributed by atoms with van der Waals surface area (Å²) in [6, 6.07) is 6.77. The quantitative estimate of drug-likeness (QED) is 0.587. The van der Waals surface area contributed by atoms with E-state index in [1.165, 1.54) is 46.7 Å². The van der Waals surface area contributed by atoms with Gasteiger partial charge < -0.3 is 5.32 Å². The highest BCUT2D eigenvalue weighted by molar-refractivity contribution is 7.98. The smallest absolute Gasteiger partial charge is 0.254 e. The van der Waals surface area contributed by atoms with Crippen molar-refractivity contribution in [3.63, 3.8) is 0 Å². The molecule has 1 amide bonds. The van der Waals surface area contributed by atoms with Crippen LogP contribution >= 0.6 is 11.8 Å². The summed E-state index contributed by atoms with van der Waals surface area (Å²) in [5, 5.41) is 8.04. The van der Waals surface area contributed by atoms with Gasteiger partial charge in [0.2, 0.25) is 15.9 Å². The molecule has 1 heterocycles. The molecule has 128 valence electrons. The summed E-state index contributed by atoms with van der Waals surface area (Å²) in [7, 11) is -3.78. The van der Waals surface area contributed by atoms with Crippen LogP contribution in [0.1, 0.15) is 5.69 Å². The molecule has 0 aliphatic carbocycles. The minimum atomic E-state index is -3.78. The molecule has 0 aliphatic rings. The van der Waals surface area contributed by atoms with Crippen LogP contribution in [0.4, 0.5) is 5.69 Å². The maximum atomic E-state index is 12.1. The van der Waals surface area contributed by atoms with Gasteiger partial charge in [-0.2, -0.15) is 0 Å². The minimum absolute atomic E-state index is 0.0517. The van der Waals surface area contributed by atoms with Crippen LogP contribution in [-0.2, 0) is 21.4 Å². The predicted octanol–water partition coefficient (Wildman–Crippen LogP) is 0.560. The molecule has 0 radical (unpaired) electrons. The Balaban J connectivity index is 2.16. The first-order chi connectivity index (χ1) is 11.2. The lowest BCUT2D eigenvalue weighted by molar-refractivity contribution is -0.116. The Labute approximate surface area is 143 Å². The van der Waals surface area contributed by atoms with Gasteiger partial charge in [-0.15, -0.1) is 0 Å². The second-order valence-electron chi connectivity index (χ2n) is 4.93. The second kappa shape index (κ2) is 7.16. The summed E-state index contributed by atoms with van der Waals surface area (Å²) in [5.41, 5.74) is 0.664. The number of hydrogen-bond acceptors (Lipinski definition) is 6. The van der Waals surface area contributed by atoms with Crippen LogP contribution < -0.4 is 16.0 Å². The largest absolute Gasteiger partial charge is 0.325 e. The van der Waals surface area contributed by atoms with Crippen molar-refractivity contribution in [2.24, 2.45) is 5.14 Å². The molecule has 0 fully saturated rings. The summed E-state index contributed by atoms with van der Waals surface area (Å²) in [4.78, 5) is 28.3. The number of amides is 1. The van der Waals surface area contributed by atoms with Gasteiger partial charge in [0.25, 0.3) is 5.56 Å². The fraction of sp³-hybridized carbons (Fsp3) is 0.214. The highest BCUT2D eigenvalue weighted by Gasteiger charge is 2.12. The molecular weight excluding hydrogens is 352 g/mol. The van der Waals surface area contributed by atoms with Crippen molar-refractivity contribution >= 4 is 33.4 Å². The van der Waals surface area contributed by atoms with Gasteiger partial charge in [-0.1, -0.05) is 11.8 Å². The Hall–Kier alpha value is -2.17. The number of carbonyl (C=O) groups is 1. The summed E-state index contributed by atoms with van der Waals surface area (Å²) in [6.45, 7) is 1.51. The normalized spacial score (nSPS) is 11.3. The van der Waals surface area contributed by atoms with E-state index in [-0.39, 0.29) is 17.0 Å². The van der Waals surface area contributed by atoms with E-state index in [2.05, 4.69) is 10.3 Å². The van der Waals surface area contributed by atoms with Crippen molar-refractivity contribution < 1.29 is 13.2 Å². The van der Waals surface area contributed by atoms with Gasteiger partial charge in [0.15, 0.2) is 5.16 Å². The standard InChI is InChI=1S/C14H16N4O4S2/c1-9-7-13(20)18(14(16-9)23-2)8-12(19)17-10-3-5-11(6-4-10)24(15,21)22/h3-7H,8H2,1-2H3,(H,17,19)(H2,15,21,22). The van der Waals surface area contributed by atoms with Gasteiger partial charge >= 0.3 is 0 Å². The number of thioether (sulfide) groups is 1. The van der Waals surface area contributed by atoms with Gasteiger partial charge in [-0.05, 0) is 37.4 Å². The van der Waals surface area contributed by atoms with Crippen LogP contribution in [0, 0.1) is 6.92 Å². The number of nitrogens with two attached hydrogens (primary N) is 1. The fourth-order valence-corrected chi connectivity index (χ4v) is 3.09. The van der Waals surface area contributed by atoms with Crippen LogP contribution in [0.3, 0.4) is 0 Å². The van der Waals surface area contributed by atoms with Crippen LogP contribution in [-0.4, -0.2) is 30.1 Å². The van der Waals surface area contributed by atoms with Gasteiger partial charge in [0, 0.05) is 17.4 Å². The SMILES string of the molecule is CSc1nc(C)cc(=O)n1CC(=O)Nc1ccc(S(N)(=O)=O)cc1. The maximum absolute atomic E-state index is 12.1. The number of benzene rings is 1.